The van der Waals surface area contributed by atoms with Crippen LogP contribution < -0.4 is 25.2 Å². The van der Waals surface area contributed by atoms with Gasteiger partial charge in [-0.05, 0) is 69.7 Å². The Kier molecular flexibility index (Phi) is 8.80. The van der Waals surface area contributed by atoms with Gasteiger partial charge in [-0.3, -0.25) is 14.5 Å². The Labute approximate surface area is 273 Å². The minimum absolute atomic E-state index is 0.0534. The van der Waals surface area contributed by atoms with Crippen LogP contribution in [0.3, 0.4) is 0 Å². The molecule has 1 aromatic heterocycles. The minimum atomic E-state index is -0.568. The summed E-state index contributed by atoms with van der Waals surface area (Å²) in [5.74, 6) is 1.51. The first-order valence-corrected chi connectivity index (χ1v) is 17.5. The van der Waals surface area contributed by atoms with E-state index in [2.05, 4.69) is 42.2 Å². The SMILES string of the molecule is CCN1CCN([C@H]2CC[C@@H](NC(=O)c3ccc(NC4CC45CN(C4CCCC4)c4ncncc4N(C)C5=O)c(OC)c3)CC2)CC1. The van der Waals surface area contributed by atoms with E-state index in [0.29, 0.717) is 29.9 Å². The van der Waals surface area contributed by atoms with Gasteiger partial charge in [0.15, 0.2) is 5.82 Å². The predicted octanol–water partition coefficient (Wildman–Crippen LogP) is 3.76. The van der Waals surface area contributed by atoms with Crippen molar-refractivity contribution < 1.29 is 14.3 Å². The number of benzene rings is 1. The Balaban J connectivity index is 0.990. The maximum Gasteiger partial charge on any atom is 0.251 e. The fourth-order valence-electron chi connectivity index (χ4n) is 8.53. The molecule has 3 aliphatic carbocycles. The number of hydrogen-bond donors (Lipinski definition) is 2. The van der Waals surface area contributed by atoms with Gasteiger partial charge in [-0.1, -0.05) is 19.8 Å². The van der Waals surface area contributed by atoms with Crippen LogP contribution in [0.15, 0.2) is 30.7 Å². The molecular formula is C35H50N8O3. The van der Waals surface area contributed by atoms with Crippen molar-refractivity contribution in [1.29, 1.82) is 0 Å². The summed E-state index contributed by atoms with van der Waals surface area (Å²) in [6, 6.07) is 6.77. The molecule has 0 bridgehead atoms. The molecular weight excluding hydrogens is 580 g/mol. The van der Waals surface area contributed by atoms with E-state index in [9.17, 15) is 9.59 Å². The number of ether oxygens (including phenoxy) is 1. The van der Waals surface area contributed by atoms with Crippen LogP contribution in [0.4, 0.5) is 17.2 Å². The molecule has 3 heterocycles. The normalized spacial score (nSPS) is 29.0. The van der Waals surface area contributed by atoms with Crippen molar-refractivity contribution in [2.45, 2.75) is 88.9 Å². The molecule has 5 aliphatic rings. The van der Waals surface area contributed by atoms with E-state index in [0.717, 1.165) is 94.9 Å². The van der Waals surface area contributed by atoms with E-state index in [-0.39, 0.29) is 23.9 Å². The average Bonchev–Trinajstić information content (AvgIpc) is 3.52. The van der Waals surface area contributed by atoms with Crippen LogP contribution in [0, 0.1) is 5.41 Å². The highest BCUT2D eigenvalue weighted by Crippen LogP contribution is 2.54. The molecule has 1 spiro atoms. The van der Waals surface area contributed by atoms with Crippen LogP contribution in [0.25, 0.3) is 0 Å². The lowest BCUT2D eigenvalue weighted by atomic mass is 9.89. The zero-order valence-electron chi connectivity index (χ0n) is 27.7. The topological polar surface area (TPSA) is 106 Å². The molecule has 1 saturated heterocycles. The summed E-state index contributed by atoms with van der Waals surface area (Å²) < 4.78 is 5.78. The lowest BCUT2D eigenvalue weighted by Gasteiger charge is -2.41. The second-order valence-corrected chi connectivity index (χ2v) is 14.1. The Morgan fingerprint density at radius 1 is 1.04 bits per heavy atom. The Morgan fingerprint density at radius 2 is 1.80 bits per heavy atom. The van der Waals surface area contributed by atoms with Gasteiger partial charge in [-0.15, -0.1) is 0 Å². The first kappa shape index (κ1) is 31.2. The minimum Gasteiger partial charge on any atom is -0.495 e. The summed E-state index contributed by atoms with van der Waals surface area (Å²) in [4.78, 5) is 45.5. The number of methoxy groups -OCH3 is 1. The molecule has 248 valence electrons. The molecule has 11 nitrogen and oxygen atoms in total. The lowest BCUT2D eigenvalue weighted by Crippen LogP contribution is -2.52. The molecule has 7 rings (SSSR count). The summed E-state index contributed by atoms with van der Waals surface area (Å²) >= 11 is 0. The molecule has 2 unspecified atom stereocenters. The standard InChI is InChI=1S/C35H50N8O3/c1-4-41-15-17-42(18-16-41)26-12-10-25(11-13-26)38-33(44)24-9-14-28(30(19-24)46-3)39-31-20-35(31)22-43(27-7-5-6-8-27)32-29(21-36-23-37-32)40(2)34(35)45/h9,14,19,21,23,25-27,31,39H,4-8,10-13,15-18,20,22H2,1-3H3,(H,38,44)/t25-,26+,31?,35?. The molecule has 4 fully saturated rings. The van der Waals surface area contributed by atoms with Crippen molar-refractivity contribution in [3.8, 4) is 5.75 Å². The third-order valence-electron chi connectivity index (χ3n) is 11.5. The van der Waals surface area contributed by atoms with Gasteiger partial charge in [-0.25, -0.2) is 9.97 Å². The average molecular weight is 631 g/mol. The van der Waals surface area contributed by atoms with E-state index in [1.165, 1.54) is 12.8 Å². The number of hydrogen-bond acceptors (Lipinski definition) is 9. The number of nitrogens with one attached hydrogen (secondary N) is 2. The Bertz CT molecular complexity index is 1420. The van der Waals surface area contributed by atoms with E-state index in [1.54, 1.807) is 24.5 Å². The molecule has 2 amide bonds. The van der Waals surface area contributed by atoms with Gasteiger partial charge in [0.2, 0.25) is 5.91 Å². The summed E-state index contributed by atoms with van der Waals surface area (Å²) in [7, 11) is 3.47. The van der Waals surface area contributed by atoms with Crippen molar-refractivity contribution in [3.05, 3.63) is 36.3 Å². The number of nitrogens with zero attached hydrogens (tertiary/aromatic N) is 6. The second-order valence-electron chi connectivity index (χ2n) is 14.1. The zero-order valence-corrected chi connectivity index (χ0v) is 27.7. The fourth-order valence-corrected chi connectivity index (χ4v) is 8.53. The van der Waals surface area contributed by atoms with Gasteiger partial charge in [0.1, 0.15) is 17.8 Å². The number of likely N-dealkylation sites (N-methyl/N-ethyl adjacent to an activating group) is 1. The first-order chi connectivity index (χ1) is 22.4. The maximum atomic E-state index is 14.0. The number of carbonyl (C=O) groups is 2. The molecule has 2 atom stereocenters. The van der Waals surface area contributed by atoms with Crippen molar-refractivity contribution in [2.24, 2.45) is 5.41 Å². The largest absolute Gasteiger partial charge is 0.495 e. The van der Waals surface area contributed by atoms with Crippen LogP contribution >= 0.6 is 0 Å². The van der Waals surface area contributed by atoms with E-state index < -0.39 is 5.41 Å². The fraction of sp³-hybridized carbons (Fsp3) is 0.657. The van der Waals surface area contributed by atoms with Gasteiger partial charge in [0.05, 0.1) is 24.4 Å². The summed E-state index contributed by atoms with van der Waals surface area (Å²) in [6.07, 6.45) is 13.0. The smallest absolute Gasteiger partial charge is 0.251 e. The van der Waals surface area contributed by atoms with Crippen molar-refractivity contribution in [1.82, 2.24) is 25.1 Å². The molecule has 2 aromatic rings. The number of fused-ring (bicyclic) bond motifs is 1. The maximum absolute atomic E-state index is 14.0. The van der Waals surface area contributed by atoms with Crippen LogP contribution in [0.2, 0.25) is 0 Å². The van der Waals surface area contributed by atoms with Gasteiger partial charge in [0, 0.05) is 69.5 Å². The lowest BCUT2D eigenvalue weighted by molar-refractivity contribution is -0.123. The van der Waals surface area contributed by atoms with Gasteiger partial charge >= 0.3 is 0 Å². The van der Waals surface area contributed by atoms with Crippen molar-refractivity contribution >= 4 is 29.0 Å². The first-order valence-electron chi connectivity index (χ1n) is 17.5. The van der Waals surface area contributed by atoms with Gasteiger partial charge in [0.25, 0.3) is 5.91 Å². The number of anilines is 3. The van der Waals surface area contributed by atoms with Crippen LogP contribution in [0.1, 0.15) is 75.1 Å². The molecule has 11 heteroatoms. The number of rotatable bonds is 8. The van der Waals surface area contributed by atoms with Gasteiger partial charge in [-0.2, -0.15) is 0 Å². The van der Waals surface area contributed by atoms with Crippen molar-refractivity contribution in [2.75, 3.05) is 68.5 Å². The van der Waals surface area contributed by atoms with Crippen molar-refractivity contribution in [3.63, 3.8) is 0 Å². The van der Waals surface area contributed by atoms with E-state index in [4.69, 9.17) is 4.74 Å². The predicted molar refractivity (Wildman–Crippen MR) is 180 cm³/mol. The molecule has 2 aliphatic heterocycles. The molecule has 1 aromatic carbocycles. The van der Waals surface area contributed by atoms with E-state index in [1.807, 2.05) is 25.2 Å². The highest BCUT2D eigenvalue weighted by Gasteiger charge is 2.64. The van der Waals surface area contributed by atoms with Crippen LogP contribution in [0.5, 0.6) is 5.75 Å². The molecule has 3 saturated carbocycles. The highest BCUT2D eigenvalue weighted by atomic mass is 16.5. The summed E-state index contributed by atoms with van der Waals surface area (Å²) in [6.45, 7) is 8.65. The monoisotopic (exact) mass is 630 g/mol. The highest BCUT2D eigenvalue weighted by molar-refractivity contribution is 6.04. The summed E-state index contributed by atoms with van der Waals surface area (Å²) in [5.41, 5.74) is 1.60. The molecule has 0 radical (unpaired) electrons. The van der Waals surface area contributed by atoms with Crippen LogP contribution in [-0.4, -0.2) is 109 Å². The zero-order chi connectivity index (χ0) is 31.8. The Hall–Kier alpha value is -3.44. The number of amides is 2. The number of carbonyl (C=O) groups excluding carboxylic acids is 2. The van der Waals surface area contributed by atoms with Gasteiger partial charge < -0.3 is 30.1 Å². The third kappa shape index (κ3) is 5.92. The second kappa shape index (κ2) is 13.0. The number of aromatic nitrogens is 2. The number of piperazine rings is 1. The molecule has 2 N–H and O–H groups in total. The molecule has 46 heavy (non-hydrogen) atoms. The third-order valence-corrected chi connectivity index (χ3v) is 11.5. The quantitative estimate of drug-likeness (QED) is 0.451. The Morgan fingerprint density at radius 3 is 2.52 bits per heavy atom. The summed E-state index contributed by atoms with van der Waals surface area (Å²) in [5, 5.41) is 6.92. The van der Waals surface area contributed by atoms with E-state index >= 15 is 0 Å². The van der Waals surface area contributed by atoms with Crippen LogP contribution in [-0.2, 0) is 4.79 Å².